The summed E-state index contributed by atoms with van der Waals surface area (Å²) in [6.07, 6.45) is 0.902. The van der Waals surface area contributed by atoms with E-state index in [0.717, 1.165) is 6.42 Å². The predicted octanol–water partition coefficient (Wildman–Crippen LogP) is 0.136. The highest BCUT2D eigenvalue weighted by molar-refractivity contribution is 5.84. The summed E-state index contributed by atoms with van der Waals surface area (Å²) in [7, 11) is 1.67. The summed E-state index contributed by atoms with van der Waals surface area (Å²) < 4.78 is 4.93. The molecular formula is C8H19N3O2. The molecule has 13 heavy (non-hydrogen) atoms. The second-order valence-corrected chi connectivity index (χ2v) is 3.10. The minimum absolute atomic E-state index is 0.114. The highest BCUT2D eigenvalue weighted by Crippen LogP contribution is 1.93. The SMILES string of the molecule is COCCC(C)NC(C)C(N)=NO. The van der Waals surface area contributed by atoms with Crippen molar-refractivity contribution in [3.8, 4) is 0 Å². The Morgan fingerprint density at radius 2 is 2.23 bits per heavy atom. The van der Waals surface area contributed by atoms with Crippen LogP contribution in [0.15, 0.2) is 5.16 Å². The van der Waals surface area contributed by atoms with Gasteiger partial charge < -0.3 is 21.0 Å². The Balaban J connectivity index is 3.71. The van der Waals surface area contributed by atoms with Crippen LogP contribution in [0.2, 0.25) is 0 Å². The van der Waals surface area contributed by atoms with Crippen LogP contribution in [-0.2, 0) is 4.74 Å². The van der Waals surface area contributed by atoms with Gasteiger partial charge in [0.25, 0.3) is 0 Å². The van der Waals surface area contributed by atoms with E-state index >= 15 is 0 Å². The number of methoxy groups -OCH3 is 1. The first kappa shape index (κ1) is 12.2. The van der Waals surface area contributed by atoms with E-state index in [1.165, 1.54) is 0 Å². The van der Waals surface area contributed by atoms with Crippen LogP contribution in [0, 0.1) is 0 Å². The molecule has 0 aliphatic rings. The van der Waals surface area contributed by atoms with Gasteiger partial charge in [0, 0.05) is 19.8 Å². The van der Waals surface area contributed by atoms with E-state index in [-0.39, 0.29) is 17.9 Å². The molecule has 0 rings (SSSR count). The normalized spacial score (nSPS) is 17.0. The highest BCUT2D eigenvalue weighted by atomic mass is 16.5. The first-order valence-electron chi connectivity index (χ1n) is 4.34. The van der Waals surface area contributed by atoms with Gasteiger partial charge in [0.15, 0.2) is 5.84 Å². The van der Waals surface area contributed by atoms with Gasteiger partial charge in [0.1, 0.15) is 0 Å². The molecule has 5 nitrogen and oxygen atoms in total. The van der Waals surface area contributed by atoms with Crippen LogP contribution in [0.5, 0.6) is 0 Å². The van der Waals surface area contributed by atoms with Crippen molar-refractivity contribution in [1.82, 2.24) is 5.32 Å². The van der Waals surface area contributed by atoms with Crippen molar-refractivity contribution in [2.24, 2.45) is 10.9 Å². The fourth-order valence-corrected chi connectivity index (χ4v) is 0.977. The van der Waals surface area contributed by atoms with E-state index in [4.69, 9.17) is 15.7 Å². The predicted molar refractivity (Wildman–Crippen MR) is 52.0 cm³/mol. The first-order valence-corrected chi connectivity index (χ1v) is 4.34. The summed E-state index contributed by atoms with van der Waals surface area (Å²) in [6.45, 7) is 4.58. The van der Waals surface area contributed by atoms with Gasteiger partial charge in [-0.15, -0.1) is 0 Å². The quantitative estimate of drug-likeness (QED) is 0.240. The smallest absolute Gasteiger partial charge is 0.156 e. The third-order valence-corrected chi connectivity index (χ3v) is 1.85. The summed E-state index contributed by atoms with van der Waals surface area (Å²) in [5, 5.41) is 14.5. The van der Waals surface area contributed by atoms with Gasteiger partial charge in [-0.2, -0.15) is 0 Å². The molecule has 0 fully saturated rings. The summed E-state index contributed by atoms with van der Waals surface area (Å²) in [6, 6.07) is 0.173. The van der Waals surface area contributed by atoms with Crippen LogP contribution < -0.4 is 11.1 Å². The number of nitrogens with two attached hydrogens (primary N) is 1. The average molecular weight is 189 g/mol. The molecule has 5 heteroatoms. The van der Waals surface area contributed by atoms with E-state index in [0.29, 0.717) is 6.61 Å². The van der Waals surface area contributed by atoms with E-state index in [1.54, 1.807) is 7.11 Å². The van der Waals surface area contributed by atoms with Gasteiger partial charge in [-0.05, 0) is 20.3 Å². The summed E-state index contributed by atoms with van der Waals surface area (Å²) >= 11 is 0. The Hall–Kier alpha value is -0.810. The second kappa shape index (κ2) is 6.68. The van der Waals surface area contributed by atoms with Gasteiger partial charge in [-0.25, -0.2) is 0 Å². The Bertz CT molecular complexity index is 161. The minimum Gasteiger partial charge on any atom is -0.409 e. The minimum atomic E-state index is -0.114. The number of nitrogens with one attached hydrogen (secondary N) is 1. The van der Waals surface area contributed by atoms with Crippen LogP contribution in [-0.4, -0.2) is 36.8 Å². The van der Waals surface area contributed by atoms with Crippen LogP contribution >= 0.6 is 0 Å². The number of hydrogen-bond donors (Lipinski definition) is 3. The van der Waals surface area contributed by atoms with E-state index in [2.05, 4.69) is 10.5 Å². The van der Waals surface area contributed by atoms with Crippen molar-refractivity contribution in [3.63, 3.8) is 0 Å². The molecule has 0 aromatic rings. The third kappa shape index (κ3) is 5.43. The molecular weight excluding hydrogens is 170 g/mol. The van der Waals surface area contributed by atoms with E-state index in [1.807, 2.05) is 13.8 Å². The lowest BCUT2D eigenvalue weighted by Gasteiger charge is -2.18. The van der Waals surface area contributed by atoms with Crippen LogP contribution in [0.3, 0.4) is 0 Å². The highest BCUT2D eigenvalue weighted by Gasteiger charge is 2.10. The van der Waals surface area contributed by atoms with Crippen molar-refractivity contribution in [2.45, 2.75) is 32.4 Å². The molecule has 0 aliphatic heterocycles. The first-order chi connectivity index (χ1) is 6.11. The van der Waals surface area contributed by atoms with Crippen LogP contribution in [0.25, 0.3) is 0 Å². The molecule has 0 aromatic heterocycles. The number of amidine groups is 1. The monoisotopic (exact) mass is 189 g/mol. The number of ether oxygens (including phenoxy) is 1. The van der Waals surface area contributed by atoms with Crippen molar-refractivity contribution in [3.05, 3.63) is 0 Å². The van der Waals surface area contributed by atoms with Gasteiger partial charge >= 0.3 is 0 Å². The molecule has 0 radical (unpaired) electrons. The maximum atomic E-state index is 8.39. The van der Waals surface area contributed by atoms with Gasteiger partial charge in [0.05, 0.1) is 6.04 Å². The molecule has 0 saturated carbocycles. The van der Waals surface area contributed by atoms with Gasteiger partial charge in [-0.3, -0.25) is 0 Å². The lowest BCUT2D eigenvalue weighted by Crippen LogP contribution is -2.43. The molecule has 0 bridgehead atoms. The molecule has 2 unspecified atom stereocenters. The second-order valence-electron chi connectivity index (χ2n) is 3.10. The Labute approximate surface area is 78.9 Å². The molecule has 2 atom stereocenters. The lowest BCUT2D eigenvalue weighted by molar-refractivity contribution is 0.184. The van der Waals surface area contributed by atoms with E-state index in [9.17, 15) is 0 Å². The number of oxime groups is 1. The number of nitrogens with zero attached hydrogens (tertiary/aromatic N) is 1. The largest absolute Gasteiger partial charge is 0.409 e. The summed E-state index contributed by atoms with van der Waals surface area (Å²) in [5.74, 6) is 0.198. The van der Waals surface area contributed by atoms with Crippen LogP contribution in [0.4, 0.5) is 0 Å². The topological polar surface area (TPSA) is 79.9 Å². The zero-order valence-electron chi connectivity index (χ0n) is 8.45. The van der Waals surface area contributed by atoms with Crippen molar-refractivity contribution in [1.29, 1.82) is 0 Å². The van der Waals surface area contributed by atoms with Gasteiger partial charge in [-0.1, -0.05) is 5.16 Å². The summed E-state index contributed by atoms with van der Waals surface area (Å²) in [4.78, 5) is 0. The van der Waals surface area contributed by atoms with Crippen molar-refractivity contribution < 1.29 is 9.94 Å². The molecule has 4 N–H and O–H groups in total. The molecule has 0 aliphatic carbocycles. The number of rotatable bonds is 6. The molecule has 78 valence electrons. The molecule has 0 heterocycles. The Morgan fingerprint density at radius 1 is 1.62 bits per heavy atom. The Kier molecular flexibility index (Phi) is 6.26. The third-order valence-electron chi connectivity index (χ3n) is 1.85. The zero-order chi connectivity index (χ0) is 10.3. The molecule has 0 amide bonds. The molecule has 0 spiro atoms. The van der Waals surface area contributed by atoms with Crippen molar-refractivity contribution in [2.75, 3.05) is 13.7 Å². The number of hydrogen-bond acceptors (Lipinski definition) is 4. The lowest BCUT2D eigenvalue weighted by atomic mass is 10.2. The molecule has 0 aromatic carbocycles. The zero-order valence-corrected chi connectivity index (χ0v) is 8.45. The fourth-order valence-electron chi connectivity index (χ4n) is 0.977. The van der Waals surface area contributed by atoms with E-state index < -0.39 is 0 Å². The van der Waals surface area contributed by atoms with Crippen LogP contribution in [0.1, 0.15) is 20.3 Å². The van der Waals surface area contributed by atoms with Crippen molar-refractivity contribution >= 4 is 5.84 Å². The summed E-state index contributed by atoms with van der Waals surface area (Å²) in [5.41, 5.74) is 5.40. The average Bonchev–Trinajstić information content (AvgIpc) is 2.13. The molecule has 0 saturated heterocycles. The fraction of sp³-hybridized carbons (Fsp3) is 0.875. The maximum absolute atomic E-state index is 8.39. The Morgan fingerprint density at radius 3 is 2.69 bits per heavy atom. The van der Waals surface area contributed by atoms with Gasteiger partial charge in [0.2, 0.25) is 0 Å². The maximum Gasteiger partial charge on any atom is 0.156 e. The standard InChI is InChI=1S/C8H19N3O2/c1-6(4-5-13-3)10-7(2)8(9)11-12/h6-7,10,12H,4-5H2,1-3H3,(H2,9,11).